The minimum Gasteiger partial charge on any atom is -0.477 e. The van der Waals surface area contributed by atoms with Gasteiger partial charge in [0.2, 0.25) is 5.91 Å². The smallest absolute Gasteiger partial charge is 0.352 e. The number of H-pyrrole nitrogens is 1. The Morgan fingerprint density at radius 2 is 1.74 bits per heavy atom. The Hall–Kier alpha value is -2.60. The van der Waals surface area contributed by atoms with Crippen LogP contribution in [0.3, 0.4) is 0 Å². The normalized spacial score (nSPS) is 20.1. The van der Waals surface area contributed by atoms with Gasteiger partial charge in [0.05, 0.1) is 30.0 Å². The highest BCUT2D eigenvalue weighted by molar-refractivity contribution is 6.00. The number of carbonyl (C=O) groups is 2. The molecule has 1 amide bonds. The van der Waals surface area contributed by atoms with E-state index < -0.39 is 5.97 Å². The summed E-state index contributed by atoms with van der Waals surface area (Å²) in [6, 6.07) is 10.9. The maximum absolute atomic E-state index is 13.4. The number of fused-ring (bicyclic) bond motifs is 1. The molecule has 2 heterocycles. The van der Waals surface area contributed by atoms with Crippen LogP contribution in [-0.2, 0) is 11.3 Å². The summed E-state index contributed by atoms with van der Waals surface area (Å²) in [5.74, 6) is -0.762. The van der Waals surface area contributed by atoms with E-state index in [1.54, 1.807) is 11.0 Å². The molecule has 144 valence electrons. The average molecular weight is 369 g/mol. The molecule has 1 aliphatic heterocycles. The molecule has 0 saturated carbocycles. The molecule has 2 aromatic rings. The zero-order valence-electron chi connectivity index (χ0n) is 16.2. The first-order chi connectivity index (χ1) is 12.8. The molecule has 0 unspecified atom stereocenters. The van der Waals surface area contributed by atoms with Gasteiger partial charge in [-0.2, -0.15) is 0 Å². The Morgan fingerprint density at radius 3 is 2.30 bits per heavy atom. The lowest BCUT2D eigenvalue weighted by Crippen LogP contribution is -2.48. The van der Waals surface area contributed by atoms with Crippen LogP contribution in [-0.4, -0.2) is 28.0 Å². The number of carboxylic acids is 1. The van der Waals surface area contributed by atoms with Crippen molar-refractivity contribution in [2.24, 2.45) is 11.8 Å². The monoisotopic (exact) mass is 369 g/mol. The Morgan fingerprint density at radius 1 is 1.11 bits per heavy atom. The van der Waals surface area contributed by atoms with Gasteiger partial charge < -0.3 is 15.0 Å². The molecular formula is C21H27N3O3. The molecule has 3 rings (SSSR count). The fraction of sp³-hybridized carbons (Fsp3) is 0.429. The van der Waals surface area contributed by atoms with Crippen LogP contribution in [0.15, 0.2) is 36.4 Å². The molecule has 0 radical (unpaired) electrons. The maximum Gasteiger partial charge on any atom is 0.352 e. The van der Waals surface area contributed by atoms with Gasteiger partial charge in [-0.1, -0.05) is 58.0 Å². The Balaban J connectivity index is 2.13. The third-order valence-electron chi connectivity index (χ3n) is 5.07. The molecule has 1 aromatic carbocycles. The predicted octanol–water partition coefficient (Wildman–Crippen LogP) is 3.57. The van der Waals surface area contributed by atoms with Gasteiger partial charge in [0, 0.05) is 0 Å². The molecule has 2 atom stereocenters. The van der Waals surface area contributed by atoms with Crippen molar-refractivity contribution >= 4 is 17.6 Å². The molecule has 1 aliphatic rings. The number of aromatic nitrogens is 1. The molecule has 0 spiro atoms. The van der Waals surface area contributed by atoms with Gasteiger partial charge in [0.25, 0.3) is 0 Å². The summed E-state index contributed by atoms with van der Waals surface area (Å²) in [5.41, 5.74) is 2.51. The lowest BCUT2D eigenvalue weighted by Gasteiger charge is -2.28. The van der Waals surface area contributed by atoms with E-state index in [-0.39, 0.29) is 35.5 Å². The van der Waals surface area contributed by atoms with E-state index in [2.05, 4.69) is 24.1 Å². The summed E-state index contributed by atoms with van der Waals surface area (Å²) in [6.07, 6.45) is 0. The third kappa shape index (κ3) is 3.76. The predicted molar refractivity (Wildman–Crippen MR) is 105 cm³/mol. The van der Waals surface area contributed by atoms with E-state index >= 15 is 0 Å². The molecule has 0 aliphatic carbocycles. The number of carbonyl (C=O) groups excluding carboxylic acids is 1. The van der Waals surface area contributed by atoms with Crippen LogP contribution in [0.2, 0.25) is 0 Å². The van der Waals surface area contributed by atoms with E-state index in [1.165, 1.54) is 0 Å². The molecule has 0 saturated heterocycles. The zero-order valence-corrected chi connectivity index (χ0v) is 16.2. The number of amides is 1. The fourth-order valence-electron chi connectivity index (χ4n) is 3.60. The number of hydrogen-bond acceptors (Lipinski definition) is 3. The molecule has 0 bridgehead atoms. The minimum absolute atomic E-state index is 0.0332. The van der Waals surface area contributed by atoms with Gasteiger partial charge in [-0.25, -0.2) is 4.79 Å². The molecule has 1 aromatic heterocycles. The summed E-state index contributed by atoms with van der Waals surface area (Å²) in [5, 5.41) is 12.9. The van der Waals surface area contributed by atoms with Crippen LogP contribution in [0.5, 0.6) is 0 Å². The molecule has 6 nitrogen and oxygen atoms in total. The summed E-state index contributed by atoms with van der Waals surface area (Å²) in [6.45, 7) is 8.58. The Kier molecular flexibility index (Phi) is 5.37. The molecule has 3 N–H and O–H groups in total. The van der Waals surface area contributed by atoms with Crippen molar-refractivity contribution in [3.63, 3.8) is 0 Å². The van der Waals surface area contributed by atoms with Crippen molar-refractivity contribution in [3.8, 4) is 0 Å². The highest BCUT2D eigenvalue weighted by Gasteiger charge is 2.38. The minimum atomic E-state index is -1.03. The highest BCUT2D eigenvalue weighted by Crippen LogP contribution is 2.36. The molecule has 6 heteroatoms. The van der Waals surface area contributed by atoms with Gasteiger partial charge in [0.1, 0.15) is 5.69 Å². The summed E-state index contributed by atoms with van der Waals surface area (Å²) in [7, 11) is 0. The van der Waals surface area contributed by atoms with Crippen LogP contribution in [0, 0.1) is 11.8 Å². The first-order valence-corrected chi connectivity index (χ1v) is 9.37. The van der Waals surface area contributed by atoms with Crippen molar-refractivity contribution in [3.05, 3.63) is 53.3 Å². The van der Waals surface area contributed by atoms with Gasteiger partial charge in [-0.05, 0) is 23.5 Å². The second-order valence-electron chi connectivity index (χ2n) is 7.81. The average Bonchev–Trinajstić information content (AvgIpc) is 3.01. The number of aromatic amines is 1. The molecule has 27 heavy (non-hydrogen) atoms. The summed E-state index contributed by atoms with van der Waals surface area (Å²) < 4.78 is 0. The number of nitrogens with one attached hydrogen (secondary N) is 2. The SMILES string of the molecule is CC(C)[C@@H]1N[C@H](C(C)C)c2[nH]c(C(=O)O)cc2N(Cc2ccccc2)C1=O. The van der Waals surface area contributed by atoms with E-state index in [9.17, 15) is 14.7 Å². The van der Waals surface area contributed by atoms with Crippen molar-refractivity contribution in [1.29, 1.82) is 0 Å². The van der Waals surface area contributed by atoms with Crippen LogP contribution < -0.4 is 10.2 Å². The topological polar surface area (TPSA) is 85.4 Å². The fourth-order valence-corrected chi connectivity index (χ4v) is 3.60. The van der Waals surface area contributed by atoms with Gasteiger partial charge in [-0.3, -0.25) is 10.1 Å². The maximum atomic E-state index is 13.4. The highest BCUT2D eigenvalue weighted by atomic mass is 16.4. The second-order valence-corrected chi connectivity index (χ2v) is 7.81. The first kappa shape index (κ1) is 19.2. The lowest BCUT2D eigenvalue weighted by molar-refractivity contribution is -0.121. The van der Waals surface area contributed by atoms with Crippen LogP contribution in [0.4, 0.5) is 5.69 Å². The third-order valence-corrected chi connectivity index (χ3v) is 5.07. The number of benzene rings is 1. The largest absolute Gasteiger partial charge is 0.477 e. The van der Waals surface area contributed by atoms with E-state index in [0.717, 1.165) is 11.3 Å². The van der Waals surface area contributed by atoms with Crippen molar-refractivity contribution in [1.82, 2.24) is 10.3 Å². The quantitative estimate of drug-likeness (QED) is 0.752. The van der Waals surface area contributed by atoms with Gasteiger partial charge >= 0.3 is 5.97 Å². The zero-order chi connectivity index (χ0) is 19.7. The first-order valence-electron chi connectivity index (χ1n) is 9.37. The second kappa shape index (κ2) is 7.56. The molecular weight excluding hydrogens is 342 g/mol. The van der Waals surface area contributed by atoms with E-state index in [1.807, 2.05) is 44.2 Å². The van der Waals surface area contributed by atoms with Crippen molar-refractivity contribution in [2.45, 2.75) is 46.3 Å². The number of hydrogen-bond donors (Lipinski definition) is 3. The number of nitrogens with zero attached hydrogens (tertiary/aromatic N) is 1. The lowest BCUT2D eigenvalue weighted by atomic mass is 9.97. The van der Waals surface area contributed by atoms with E-state index in [4.69, 9.17) is 0 Å². The Labute approximate surface area is 159 Å². The Bertz CT molecular complexity index is 826. The van der Waals surface area contributed by atoms with Crippen LogP contribution >= 0.6 is 0 Å². The number of anilines is 1. The molecule has 0 fully saturated rings. The van der Waals surface area contributed by atoms with Gasteiger partial charge in [-0.15, -0.1) is 0 Å². The number of carboxylic acid groups (broad SMARTS) is 1. The standard InChI is InChI=1S/C21H27N3O3/c1-12(2)17-19-16(10-15(22-19)21(26)27)24(11-14-8-6-5-7-9-14)20(25)18(23-17)13(3)4/h5-10,12-13,17-18,22-23H,11H2,1-4H3,(H,26,27)/t17-,18+/m1/s1. The van der Waals surface area contributed by atoms with Crippen molar-refractivity contribution < 1.29 is 14.7 Å². The van der Waals surface area contributed by atoms with Gasteiger partial charge in [0.15, 0.2) is 0 Å². The van der Waals surface area contributed by atoms with Crippen molar-refractivity contribution in [2.75, 3.05) is 4.90 Å². The van der Waals surface area contributed by atoms with Crippen LogP contribution in [0.1, 0.15) is 55.5 Å². The summed E-state index contributed by atoms with van der Waals surface area (Å²) in [4.78, 5) is 29.7. The number of aromatic carboxylic acids is 1. The van der Waals surface area contributed by atoms with E-state index in [0.29, 0.717) is 12.2 Å². The summed E-state index contributed by atoms with van der Waals surface area (Å²) >= 11 is 0. The number of rotatable bonds is 5. The van der Waals surface area contributed by atoms with Crippen LogP contribution in [0.25, 0.3) is 0 Å².